The Morgan fingerprint density at radius 2 is 2.18 bits per heavy atom. The summed E-state index contributed by atoms with van der Waals surface area (Å²) in [5.41, 5.74) is 1.17. The Balaban J connectivity index is 2.64. The molecule has 0 aliphatic heterocycles. The second-order valence-corrected chi connectivity index (χ2v) is 5.27. The topological polar surface area (TPSA) is 66.7 Å². The van der Waals surface area contributed by atoms with Gasteiger partial charge in [-0.3, -0.25) is 9.67 Å². The Labute approximate surface area is 133 Å². The van der Waals surface area contributed by atoms with Crippen LogP contribution < -0.4 is 10.6 Å². The molecule has 0 radical (unpaired) electrons. The van der Waals surface area contributed by atoms with Crippen LogP contribution in [0, 0.1) is 0 Å². The van der Waals surface area contributed by atoms with E-state index in [1.807, 2.05) is 31.0 Å². The van der Waals surface area contributed by atoms with E-state index in [0.717, 1.165) is 25.7 Å². The van der Waals surface area contributed by atoms with Crippen LogP contribution in [0.4, 0.5) is 0 Å². The summed E-state index contributed by atoms with van der Waals surface area (Å²) < 4.78 is 7.15. The maximum absolute atomic E-state index is 5.33. The fourth-order valence-electron chi connectivity index (χ4n) is 2.08. The Kier molecular flexibility index (Phi) is 8.54. The van der Waals surface area contributed by atoms with E-state index in [1.54, 1.807) is 0 Å². The van der Waals surface area contributed by atoms with E-state index >= 15 is 0 Å². The average Bonchev–Trinajstić information content (AvgIpc) is 2.89. The normalized spacial score (nSPS) is 13.5. The van der Waals surface area contributed by atoms with Crippen molar-refractivity contribution in [1.82, 2.24) is 25.3 Å². The molecular weight excluding hydrogens is 280 g/mol. The molecular formula is C15H30N6O. The van der Waals surface area contributed by atoms with E-state index in [2.05, 4.69) is 46.6 Å². The molecule has 0 spiro atoms. The van der Waals surface area contributed by atoms with Gasteiger partial charge in [0.2, 0.25) is 0 Å². The van der Waals surface area contributed by atoms with Crippen molar-refractivity contribution in [2.75, 3.05) is 46.9 Å². The van der Waals surface area contributed by atoms with E-state index in [9.17, 15) is 0 Å². The molecule has 0 amide bonds. The predicted octanol–water partition coefficient (Wildman–Crippen LogP) is 0.614. The monoisotopic (exact) mass is 310 g/mol. The predicted molar refractivity (Wildman–Crippen MR) is 90.1 cm³/mol. The number of guanidine groups is 1. The first-order valence-electron chi connectivity index (χ1n) is 7.83. The summed E-state index contributed by atoms with van der Waals surface area (Å²) in [6.45, 7) is 7.72. The Hall–Kier alpha value is -1.60. The Morgan fingerprint density at radius 1 is 1.41 bits per heavy atom. The molecule has 0 fully saturated rings. The molecule has 126 valence electrons. The number of aromatic nitrogens is 2. The minimum atomic E-state index is 0.205. The molecule has 22 heavy (non-hydrogen) atoms. The third kappa shape index (κ3) is 6.44. The van der Waals surface area contributed by atoms with Gasteiger partial charge in [0.15, 0.2) is 5.96 Å². The number of aryl methyl sites for hydroxylation is 1. The summed E-state index contributed by atoms with van der Waals surface area (Å²) in [7, 11) is 6.05. The van der Waals surface area contributed by atoms with Gasteiger partial charge < -0.3 is 20.3 Å². The number of likely N-dealkylation sites (N-methyl/N-ethyl adjacent to an activating group) is 1. The maximum atomic E-state index is 5.33. The standard InChI is InChI=1S/C15H30N6O/c1-6-16-15(17-8-9-22-7-2)18-11-14(20(3)4)13-10-19-21(5)12-13/h10,12,14H,6-9,11H2,1-5H3,(H2,16,17,18). The second-order valence-electron chi connectivity index (χ2n) is 5.27. The van der Waals surface area contributed by atoms with E-state index in [4.69, 9.17) is 4.74 Å². The summed E-state index contributed by atoms with van der Waals surface area (Å²) in [5.74, 6) is 0.818. The molecule has 1 heterocycles. The van der Waals surface area contributed by atoms with Crippen LogP contribution in [0.2, 0.25) is 0 Å². The number of nitrogens with zero attached hydrogens (tertiary/aromatic N) is 4. The molecule has 0 bridgehead atoms. The first-order chi connectivity index (χ1) is 10.6. The molecule has 1 aromatic rings. The average molecular weight is 310 g/mol. The van der Waals surface area contributed by atoms with Gasteiger partial charge in [0.25, 0.3) is 0 Å². The van der Waals surface area contributed by atoms with Gasteiger partial charge in [0, 0.05) is 38.5 Å². The van der Waals surface area contributed by atoms with E-state index in [1.165, 1.54) is 5.56 Å². The van der Waals surface area contributed by atoms with Crippen molar-refractivity contribution in [3.05, 3.63) is 18.0 Å². The first-order valence-corrected chi connectivity index (χ1v) is 7.83. The van der Waals surface area contributed by atoms with Crippen LogP contribution in [0.15, 0.2) is 17.4 Å². The first kappa shape index (κ1) is 18.4. The van der Waals surface area contributed by atoms with Gasteiger partial charge in [0.1, 0.15) is 0 Å². The van der Waals surface area contributed by atoms with Crippen LogP contribution in [0.3, 0.4) is 0 Å². The zero-order valence-electron chi connectivity index (χ0n) is 14.5. The highest BCUT2D eigenvalue weighted by Gasteiger charge is 2.15. The largest absolute Gasteiger partial charge is 0.380 e. The molecule has 0 aliphatic carbocycles. The van der Waals surface area contributed by atoms with Crippen molar-refractivity contribution >= 4 is 5.96 Å². The molecule has 0 saturated heterocycles. The molecule has 7 nitrogen and oxygen atoms in total. The van der Waals surface area contributed by atoms with E-state index in [-0.39, 0.29) is 6.04 Å². The molecule has 1 aromatic heterocycles. The van der Waals surface area contributed by atoms with Gasteiger partial charge in [0.05, 0.1) is 25.4 Å². The van der Waals surface area contributed by atoms with Crippen molar-refractivity contribution in [2.24, 2.45) is 12.0 Å². The Bertz CT molecular complexity index is 443. The summed E-state index contributed by atoms with van der Waals surface area (Å²) >= 11 is 0. The lowest BCUT2D eigenvalue weighted by Gasteiger charge is -2.22. The van der Waals surface area contributed by atoms with Crippen LogP contribution in [-0.2, 0) is 11.8 Å². The Morgan fingerprint density at radius 3 is 2.73 bits per heavy atom. The number of hydrogen-bond acceptors (Lipinski definition) is 4. The summed E-state index contributed by atoms with van der Waals surface area (Å²) in [6.07, 6.45) is 3.94. The van der Waals surface area contributed by atoms with E-state index in [0.29, 0.717) is 13.2 Å². The van der Waals surface area contributed by atoms with Crippen LogP contribution in [-0.4, -0.2) is 67.6 Å². The minimum Gasteiger partial charge on any atom is -0.380 e. The minimum absolute atomic E-state index is 0.205. The smallest absolute Gasteiger partial charge is 0.191 e. The highest BCUT2D eigenvalue weighted by atomic mass is 16.5. The molecule has 0 aromatic carbocycles. The van der Waals surface area contributed by atoms with Crippen LogP contribution in [0.1, 0.15) is 25.5 Å². The number of nitrogens with one attached hydrogen (secondary N) is 2. The lowest BCUT2D eigenvalue weighted by Crippen LogP contribution is -2.39. The SMILES string of the molecule is CCNC(=NCC(c1cnn(C)c1)N(C)C)NCCOCC. The van der Waals surface area contributed by atoms with Gasteiger partial charge in [-0.15, -0.1) is 0 Å². The highest BCUT2D eigenvalue weighted by molar-refractivity contribution is 5.79. The maximum Gasteiger partial charge on any atom is 0.191 e. The van der Waals surface area contributed by atoms with Crippen molar-refractivity contribution in [3.8, 4) is 0 Å². The third-order valence-electron chi connectivity index (χ3n) is 3.24. The summed E-state index contributed by atoms with van der Waals surface area (Å²) in [6, 6.07) is 0.205. The van der Waals surface area contributed by atoms with Crippen molar-refractivity contribution in [1.29, 1.82) is 0 Å². The number of hydrogen-bond donors (Lipinski definition) is 2. The second kappa shape index (κ2) is 10.2. The zero-order valence-corrected chi connectivity index (χ0v) is 14.5. The lowest BCUT2D eigenvalue weighted by molar-refractivity contribution is 0.152. The molecule has 0 saturated carbocycles. The number of aliphatic imine (C=N–C) groups is 1. The van der Waals surface area contributed by atoms with Gasteiger partial charge in [-0.1, -0.05) is 0 Å². The van der Waals surface area contributed by atoms with Crippen molar-refractivity contribution < 1.29 is 4.74 Å². The highest BCUT2D eigenvalue weighted by Crippen LogP contribution is 2.17. The van der Waals surface area contributed by atoms with Gasteiger partial charge in [-0.2, -0.15) is 5.10 Å². The quantitative estimate of drug-likeness (QED) is 0.397. The fourth-order valence-corrected chi connectivity index (χ4v) is 2.08. The van der Waals surface area contributed by atoms with Crippen LogP contribution >= 0.6 is 0 Å². The summed E-state index contributed by atoms with van der Waals surface area (Å²) in [5, 5.41) is 10.8. The molecule has 1 atom stereocenters. The fraction of sp³-hybridized carbons (Fsp3) is 0.733. The van der Waals surface area contributed by atoms with Gasteiger partial charge in [-0.05, 0) is 27.9 Å². The van der Waals surface area contributed by atoms with Gasteiger partial charge in [-0.25, -0.2) is 0 Å². The van der Waals surface area contributed by atoms with E-state index < -0.39 is 0 Å². The number of rotatable bonds is 9. The lowest BCUT2D eigenvalue weighted by atomic mass is 10.1. The molecule has 2 N–H and O–H groups in total. The molecule has 1 rings (SSSR count). The molecule has 7 heteroatoms. The van der Waals surface area contributed by atoms with Crippen LogP contribution in [0.5, 0.6) is 0 Å². The third-order valence-corrected chi connectivity index (χ3v) is 3.24. The zero-order chi connectivity index (χ0) is 16.4. The van der Waals surface area contributed by atoms with Crippen molar-refractivity contribution in [2.45, 2.75) is 19.9 Å². The van der Waals surface area contributed by atoms with Crippen LogP contribution in [0.25, 0.3) is 0 Å². The molecule has 0 aliphatic rings. The van der Waals surface area contributed by atoms with Crippen molar-refractivity contribution in [3.63, 3.8) is 0 Å². The summed E-state index contributed by atoms with van der Waals surface area (Å²) in [4.78, 5) is 6.84. The van der Waals surface area contributed by atoms with Gasteiger partial charge >= 0.3 is 0 Å². The number of ether oxygens (including phenoxy) is 1. The molecule has 1 unspecified atom stereocenters.